The van der Waals surface area contributed by atoms with Crippen molar-refractivity contribution in [2.24, 2.45) is 28.1 Å². The van der Waals surface area contributed by atoms with Gasteiger partial charge in [-0.15, -0.1) is 11.6 Å². The van der Waals surface area contributed by atoms with Crippen molar-refractivity contribution in [1.82, 2.24) is 0 Å². The highest BCUT2D eigenvalue weighted by atomic mass is 35.5. The van der Waals surface area contributed by atoms with Crippen LogP contribution in [0.2, 0.25) is 0 Å². The molecular weight excluding hydrogens is 204 g/mol. The lowest BCUT2D eigenvalue weighted by molar-refractivity contribution is 0.0830. The predicted molar refractivity (Wildman–Crippen MR) is 67.2 cm³/mol. The lowest BCUT2D eigenvalue weighted by atomic mass is 9.63. The summed E-state index contributed by atoms with van der Waals surface area (Å²) in [5.74, 6) is 2.47. The van der Waals surface area contributed by atoms with Crippen LogP contribution in [0.25, 0.3) is 0 Å². The molecule has 0 N–H and O–H groups in total. The molecule has 0 bridgehead atoms. The van der Waals surface area contributed by atoms with E-state index in [1.54, 1.807) is 0 Å². The zero-order valence-corrected chi connectivity index (χ0v) is 11.6. The zero-order valence-electron chi connectivity index (χ0n) is 10.9. The van der Waals surface area contributed by atoms with E-state index in [0.29, 0.717) is 16.2 Å². The summed E-state index contributed by atoms with van der Waals surface area (Å²) in [5, 5.41) is 0. The molecule has 2 saturated carbocycles. The van der Waals surface area contributed by atoms with E-state index in [-0.39, 0.29) is 0 Å². The maximum atomic E-state index is 6.14. The Morgan fingerprint density at radius 1 is 1.13 bits per heavy atom. The van der Waals surface area contributed by atoms with E-state index in [0.717, 1.165) is 17.7 Å². The minimum absolute atomic E-state index is 0.491. The Labute approximate surface area is 99.8 Å². The Morgan fingerprint density at radius 3 is 2.13 bits per heavy atom. The molecule has 0 amide bonds. The van der Waals surface area contributed by atoms with Crippen molar-refractivity contribution in [3.05, 3.63) is 0 Å². The Bertz CT molecular complexity index is 267. The van der Waals surface area contributed by atoms with E-state index in [1.807, 2.05) is 0 Å². The molecule has 88 valence electrons. The number of rotatable bonds is 1. The molecule has 0 radical (unpaired) electrons. The lowest BCUT2D eigenvalue weighted by Gasteiger charge is -2.42. The van der Waals surface area contributed by atoms with Crippen LogP contribution in [0.3, 0.4) is 0 Å². The molecule has 2 fully saturated rings. The fourth-order valence-electron chi connectivity index (χ4n) is 4.71. The Kier molecular flexibility index (Phi) is 2.47. The van der Waals surface area contributed by atoms with E-state index in [1.165, 1.54) is 19.3 Å². The number of halogens is 1. The molecule has 3 atom stereocenters. The van der Waals surface area contributed by atoms with Crippen LogP contribution < -0.4 is 0 Å². The Hall–Kier alpha value is 0.290. The maximum Gasteiger partial charge on any atom is 0.0262 e. The molecule has 0 saturated heterocycles. The first-order valence-corrected chi connectivity index (χ1v) is 6.87. The highest BCUT2D eigenvalue weighted by molar-refractivity contribution is 6.18. The van der Waals surface area contributed by atoms with Gasteiger partial charge in [-0.3, -0.25) is 0 Å². The van der Waals surface area contributed by atoms with Crippen molar-refractivity contribution < 1.29 is 0 Å². The normalized spacial score (nSPS) is 46.8. The number of hydrogen-bond donors (Lipinski definition) is 0. The van der Waals surface area contributed by atoms with Gasteiger partial charge in [0.05, 0.1) is 0 Å². The molecule has 3 unspecified atom stereocenters. The van der Waals surface area contributed by atoms with Crippen LogP contribution in [0.15, 0.2) is 0 Å². The van der Waals surface area contributed by atoms with Gasteiger partial charge in [0.15, 0.2) is 0 Å². The summed E-state index contributed by atoms with van der Waals surface area (Å²) in [5.41, 5.74) is 1.62. The molecule has 2 rings (SSSR count). The second-order valence-electron chi connectivity index (χ2n) is 7.24. The van der Waals surface area contributed by atoms with Crippen LogP contribution in [-0.4, -0.2) is 5.88 Å². The first-order chi connectivity index (χ1) is 6.78. The number of alkyl halides is 1. The van der Waals surface area contributed by atoms with Crippen molar-refractivity contribution in [2.45, 2.75) is 53.9 Å². The maximum absolute atomic E-state index is 6.14. The van der Waals surface area contributed by atoms with Crippen molar-refractivity contribution in [1.29, 1.82) is 0 Å². The zero-order chi connectivity index (χ0) is 11.5. The second kappa shape index (κ2) is 3.15. The van der Waals surface area contributed by atoms with Gasteiger partial charge in [-0.25, -0.2) is 0 Å². The van der Waals surface area contributed by atoms with Gasteiger partial charge in [0.2, 0.25) is 0 Å². The van der Waals surface area contributed by atoms with Crippen LogP contribution >= 0.6 is 11.6 Å². The van der Waals surface area contributed by atoms with Crippen molar-refractivity contribution in [3.63, 3.8) is 0 Å². The third-order valence-corrected chi connectivity index (χ3v) is 6.03. The Balaban J connectivity index is 2.20. The average Bonchev–Trinajstić information content (AvgIpc) is 2.56. The van der Waals surface area contributed by atoms with Crippen LogP contribution in [0.5, 0.6) is 0 Å². The van der Waals surface area contributed by atoms with E-state index in [4.69, 9.17) is 11.6 Å². The largest absolute Gasteiger partial charge is 0.126 e. The molecule has 1 spiro atoms. The highest BCUT2D eigenvalue weighted by Gasteiger charge is 2.72. The minimum atomic E-state index is 0.491. The highest BCUT2D eigenvalue weighted by Crippen LogP contribution is 2.77. The van der Waals surface area contributed by atoms with Crippen LogP contribution in [0, 0.1) is 28.1 Å². The molecule has 2 aliphatic carbocycles. The molecule has 15 heavy (non-hydrogen) atoms. The van der Waals surface area contributed by atoms with Gasteiger partial charge in [0.25, 0.3) is 0 Å². The molecule has 0 nitrogen and oxygen atoms in total. The third kappa shape index (κ3) is 1.40. The molecule has 0 aromatic rings. The molecule has 0 aliphatic heterocycles. The van der Waals surface area contributed by atoms with E-state index in [2.05, 4.69) is 34.6 Å². The van der Waals surface area contributed by atoms with E-state index in [9.17, 15) is 0 Å². The van der Waals surface area contributed by atoms with E-state index < -0.39 is 0 Å². The molecule has 2 aliphatic rings. The first-order valence-electron chi connectivity index (χ1n) is 6.34. The topological polar surface area (TPSA) is 0 Å². The first kappa shape index (κ1) is 11.8. The number of hydrogen-bond acceptors (Lipinski definition) is 0. The molecule has 0 aromatic heterocycles. The quantitative estimate of drug-likeness (QED) is 0.570. The smallest absolute Gasteiger partial charge is 0.0262 e. The summed E-state index contributed by atoms with van der Waals surface area (Å²) < 4.78 is 0. The second-order valence-corrected chi connectivity index (χ2v) is 7.55. The van der Waals surface area contributed by atoms with Crippen LogP contribution in [0.1, 0.15) is 53.9 Å². The lowest BCUT2D eigenvalue weighted by Crippen LogP contribution is -2.32. The Morgan fingerprint density at radius 2 is 1.73 bits per heavy atom. The summed E-state index contributed by atoms with van der Waals surface area (Å²) in [6.07, 6.45) is 4.16. The fourth-order valence-corrected chi connectivity index (χ4v) is 5.37. The molecule has 1 heteroatoms. The summed E-state index contributed by atoms with van der Waals surface area (Å²) in [6.45, 7) is 12.1. The van der Waals surface area contributed by atoms with Gasteiger partial charge in [0, 0.05) is 5.88 Å². The van der Waals surface area contributed by atoms with Gasteiger partial charge in [0.1, 0.15) is 0 Å². The molecule has 0 heterocycles. The summed E-state index contributed by atoms with van der Waals surface area (Å²) >= 11 is 6.14. The van der Waals surface area contributed by atoms with E-state index >= 15 is 0 Å². The van der Waals surface area contributed by atoms with Gasteiger partial charge < -0.3 is 0 Å². The third-order valence-electron chi connectivity index (χ3n) is 5.72. The van der Waals surface area contributed by atoms with Gasteiger partial charge in [-0.1, -0.05) is 34.6 Å². The van der Waals surface area contributed by atoms with Crippen molar-refractivity contribution >= 4 is 11.6 Å². The summed E-state index contributed by atoms with van der Waals surface area (Å²) in [6, 6.07) is 0. The standard InChI is InChI=1S/C14H25Cl/c1-10-8-12(2,3)6-7-14(10)11(9-15)13(14,4)5/h10-11H,6-9H2,1-5H3. The van der Waals surface area contributed by atoms with Crippen LogP contribution in [-0.2, 0) is 0 Å². The van der Waals surface area contributed by atoms with Gasteiger partial charge in [-0.2, -0.15) is 0 Å². The fraction of sp³-hybridized carbons (Fsp3) is 1.00. The molecule has 0 aromatic carbocycles. The van der Waals surface area contributed by atoms with Crippen molar-refractivity contribution in [2.75, 3.05) is 5.88 Å². The SMILES string of the molecule is CC1CC(C)(C)CCC12C(CCl)C2(C)C. The summed E-state index contributed by atoms with van der Waals surface area (Å²) in [7, 11) is 0. The van der Waals surface area contributed by atoms with Gasteiger partial charge >= 0.3 is 0 Å². The predicted octanol–water partition coefficient (Wildman–Crippen LogP) is 4.71. The van der Waals surface area contributed by atoms with Crippen molar-refractivity contribution in [3.8, 4) is 0 Å². The summed E-state index contributed by atoms with van der Waals surface area (Å²) in [4.78, 5) is 0. The monoisotopic (exact) mass is 228 g/mol. The van der Waals surface area contributed by atoms with Crippen LogP contribution in [0.4, 0.5) is 0 Å². The average molecular weight is 229 g/mol. The minimum Gasteiger partial charge on any atom is -0.126 e. The molecular formula is C14H25Cl. The van der Waals surface area contributed by atoms with Gasteiger partial charge in [-0.05, 0) is 47.3 Å².